The number of halogens is 1. The summed E-state index contributed by atoms with van der Waals surface area (Å²) in [4.78, 5) is 11.1. The molecule has 9 fully saturated rings. The fourth-order valence-corrected chi connectivity index (χ4v) is 13.8. The maximum Gasteiger partial charge on any atom is 0.154 e. The van der Waals surface area contributed by atoms with Crippen LogP contribution >= 0.6 is 22.6 Å². The van der Waals surface area contributed by atoms with Gasteiger partial charge >= 0.3 is 0 Å². The van der Waals surface area contributed by atoms with Gasteiger partial charge in [-0.05, 0) is 134 Å². The molecule has 330 valence electrons. The lowest BCUT2D eigenvalue weighted by Crippen LogP contribution is -2.49. The largest absolute Gasteiger partial charge is 0.393 e. The molecule has 0 amide bonds. The van der Waals surface area contributed by atoms with Crippen molar-refractivity contribution < 1.29 is 54.8 Å². The maximum absolute atomic E-state index is 11.1. The lowest BCUT2D eigenvalue weighted by molar-refractivity contribution is -0.113. The van der Waals surface area contributed by atoms with E-state index in [9.17, 15) is 30.3 Å². The Morgan fingerprint density at radius 1 is 0.759 bits per heavy atom. The molecule has 1 unspecified atom stereocenters. The van der Waals surface area contributed by atoms with E-state index in [0.717, 1.165) is 73.2 Å². The number of carbonyl (C=O) groups excluding carboxylic acids is 1. The second-order valence-electron chi connectivity index (χ2n) is 20.8. The van der Waals surface area contributed by atoms with E-state index in [1.54, 1.807) is 0 Å². The van der Waals surface area contributed by atoms with E-state index in [-0.39, 0.29) is 71.5 Å². The molecule has 0 radical (unpaired) electrons. The van der Waals surface area contributed by atoms with Crippen molar-refractivity contribution in [2.24, 2.45) is 57.2 Å². The van der Waals surface area contributed by atoms with E-state index in [1.165, 1.54) is 0 Å². The van der Waals surface area contributed by atoms with Gasteiger partial charge in [0, 0.05) is 25.2 Å². The van der Waals surface area contributed by atoms with Gasteiger partial charge in [0.25, 0.3) is 0 Å². The number of aliphatic hydroxyl groups excluding tert-OH is 7. The SMILES string of the molecule is C=C(CO)C(O)[C@]12C[C@@H]3C[C@@H](O)C[C@@H](C)[C@]3(C)[C@H]1O2.C=C(I)CO.C=C1CO[C@@H](C)[C@]12C[C@@H]1C[C@@H](O)C[C@@H](C)[C@]1(C)[C@H]2O.C[C@@H]1C[C@H](O)C[C@H]2C[C@]3(C=O)O[C@@H]3[C@]21C. The van der Waals surface area contributed by atoms with Gasteiger partial charge < -0.3 is 54.8 Å². The van der Waals surface area contributed by atoms with Gasteiger partial charge in [-0.3, -0.25) is 0 Å². The summed E-state index contributed by atoms with van der Waals surface area (Å²) in [6.07, 6.45) is 6.71. The Morgan fingerprint density at radius 3 is 1.67 bits per heavy atom. The van der Waals surface area contributed by atoms with Crippen LogP contribution in [0.25, 0.3) is 0 Å². The first-order valence-corrected chi connectivity index (χ1v) is 22.8. The minimum Gasteiger partial charge on any atom is -0.393 e. The minimum absolute atomic E-state index is 0.0238. The standard InChI is InChI=1S/C16H26O3.C15H24O4.C12H18O3.C3H5IO/c1-9-5-13(17)6-12-7-16(14(18)15(9,12)4)10(2)8-19-11(16)3;1-8(7-16)12(18)15-6-10-5-11(17)4-9(2)14(10,3)13(15)19-15;1-7-3-9(14)4-8-5-12(6-13)10(15-12)11(7,8)2;1-3(4)2-5/h9,11-14,17-18H,2,5-8H2,1,3-4H3;9-13,16-18H,1,4-7H2,2-3H3;6-10,14H,3-5H2,1-2H3;5H,1-2H2/t9-,11+,12+,13+,14-,15+,16+;9-,10+,11+,12?,13-,14+,15-;7-,8+,9+,10-,11+,12-;/m111./s1. The molecule has 3 saturated heterocycles. The molecular formula is C46H73IO11. The second-order valence-corrected chi connectivity index (χ2v) is 22.3. The first-order chi connectivity index (χ1) is 27.0. The Hall–Kier alpha value is -0.780. The van der Waals surface area contributed by atoms with Crippen molar-refractivity contribution in [3.63, 3.8) is 0 Å². The topological polar surface area (TPSA) is 193 Å². The molecule has 12 heteroatoms. The molecule has 0 aromatic rings. The molecule has 3 heterocycles. The third-order valence-corrected chi connectivity index (χ3v) is 18.4. The predicted molar refractivity (Wildman–Crippen MR) is 229 cm³/mol. The van der Waals surface area contributed by atoms with Crippen LogP contribution in [0, 0.1) is 57.2 Å². The number of hydrogen-bond acceptors (Lipinski definition) is 11. The van der Waals surface area contributed by atoms with Crippen molar-refractivity contribution in [3.05, 3.63) is 34.5 Å². The Bertz CT molecular complexity index is 1590. The van der Waals surface area contributed by atoms with E-state index < -0.39 is 23.4 Å². The fraction of sp³-hybridized carbons (Fsp3) is 0.848. The molecule has 0 aromatic carbocycles. The summed E-state index contributed by atoms with van der Waals surface area (Å²) in [7, 11) is 0. The summed E-state index contributed by atoms with van der Waals surface area (Å²) >= 11 is 1.96. The number of hydrogen-bond donors (Lipinski definition) is 7. The zero-order valence-electron chi connectivity index (χ0n) is 35.9. The Morgan fingerprint density at radius 2 is 1.22 bits per heavy atom. The Balaban J connectivity index is 0.000000139. The van der Waals surface area contributed by atoms with Gasteiger partial charge in [0.2, 0.25) is 0 Å². The van der Waals surface area contributed by atoms with Crippen molar-refractivity contribution in [1.82, 2.24) is 0 Å². The molecule has 9 aliphatic rings. The van der Waals surface area contributed by atoms with Gasteiger partial charge in [-0.2, -0.15) is 0 Å². The highest BCUT2D eigenvalue weighted by Crippen LogP contribution is 2.70. The molecule has 9 rings (SSSR count). The van der Waals surface area contributed by atoms with Crippen molar-refractivity contribution in [2.75, 3.05) is 19.8 Å². The molecule has 6 saturated carbocycles. The zero-order chi connectivity index (χ0) is 43.1. The summed E-state index contributed by atoms with van der Waals surface area (Å²) in [6, 6.07) is 0. The molecular weight excluding hydrogens is 855 g/mol. The van der Waals surface area contributed by atoms with E-state index in [2.05, 4.69) is 68.2 Å². The summed E-state index contributed by atoms with van der Waals surface area (Å²) in [5, 5.41) is 68.5. The molecule has 11 nitrogen and oxygen atoms in total. The average molecular weight is 929 g/mol. The van der Waals surface area contributed by atoms with Crippen LogP contribution in [0.1, 0.15) is 106 Å². The minimum atomic E-state index is -0.797. The predicted octanol–water partition coefficient (Wildman–Crippen LogP) is 5.04. The molecule has 0 bridgehead atoms. The number of ether oxygens (including phenoxy) is 3. The maximum atomic E-state index is 11.1. The van der Waals surface area contributed by atoms with Gasteiger partial charge in [-0.15, -0.1) is 0 Å². The normalized spacial score (nSPS) is 53.1. The van der Waals surface area contributed by atoms with Gasteiger partial charge in [0.1, 0.15) is 17.8 Å². The molecule has 0 aromatic heterocycles. The van der Waals surface area contributed by atoms with E-state index in [4.69, 9.17) is 24.4 Å². The van der Waals surface area contributed by atoms with Gasteiger partial charge in [-0.1, -0.05) is 61.3 Å². The van der Waals surface area contributed by atoms with Crippen molar-refractivity contribution in [2.45, 2.75) is 166 Å². The molecule has 58 heavy (non-hydrogen) atoms. The van der Waals surface area contributed by atoms with Crippen molar-refractivity contribution in [3.8, 4) is 0 Å². The van der Waals surface area contributed by atoms with Crippen LogP contribution in [0.4, 0.5) is 0 Å². The highest BCUT2D eigenvalue weighted by molar-refractivity contribution is 14.1. The Labute approximate surface area is 359 Å². The van der Waals surface area contributed by atoms with E-state index in [1.807, 2.05) is 22.6 Å². The summed E-state index contributed by atoms with van der Waals surface area (Å²) < 4.78 is 18.1. The Kier molecular flexibility index (Phi) is 13.2. The third-order valence-electron chi connectivity index (χ3n) is 18.1. The molecule has 3 aliphatic heterocycles. The highest BCUT2D eigenvalue weighted by atomic mass is 127. The number of fused-ring (bicyclic) bond motifs is 7. The first-order valence-electron chi connectivity index (χ1n) is 21.7. The van der Waals surface area contributed by atoms with Crippen LogP contribution < -0.4 is 0 Å². The number of epoxide rings is 2. The van der Waals surface area contributed by atoms with Crippen LogP contribution in [0.3, 0.4) is 0 Å². The van der Waals surface area contributed by atoms with Crippen LogP contribution in [-0.4, -0.2) is 122 Å². The van der Waals surface area contributed by atoms with Gasteiger partial charge in [0.15, 0.2) is 11.9 Å². The molecule has 1 spiro atoms. The van der Waals surface area contributed by atoms with E-state index in [0.29, 0.717) is 47.7 Å². The average Bonchev–Trinajstić information content (AvgIpc) is 3.99. The number of rotatable bonds is 5. The number of aldehydes is 1. The first kappa shape index (κ1) is 46.7. The molecule has 20 atom stereocenters. The van der Waals surface area contributed by atoms with Crippen LogP contribution in [-0.2, 0) is 19.0 Å². The fourth-order valence-electron chi connectivity index (χ4n) is 13.8. The van der Waals surface area contributed by atoms with Gasteiger partial charge in [-0.25, -0.2) is 0 Å². The second kappa shape index (κ2) is 16.4. The zero-order valence-corrected chi connectivity index (χ0v) is 38.1. The molecule has 6 aliphatic carbocycles. The van der Waals surface area contributed by atoms with Crippen LogP contribution in [0.15, 0.2) is 34.5 Å². The monoisotopic (exact) mass is 928 g/mol. The highest BCUT2D eigenvalue weighted by Gasteiger charge is 2.77. The van der Waals surface area contributed by atoms with Gasteiger partial charge in [0.05, 0.1) is 56.4 Å². The summed E-state index contributed by atoms with van der Waals surface area (Å²) in [5.41, 5.74) is 0.163. The van der Waals surface area contributed by atoms with Crippen LogP contribution in [0.2, 0.25) is 0 Å². The van der Waals surface area contributed by atoms with Crippen molar-refractivity contribution in [1.29, 1.82) is 0 Å². The summed E-state index contributed by atoms with van der Waals surface area (Å²) in [5.74, 6) is 2.36. The lowest BCUT2D eigenvalue weighted by Gasteiger charge is -2.47. The lowest BCUT2D eigenvalue weighted by atomic mass is 9.60. The molecule has 7 N–H and O–H groups in total. The quantitative estimate of drug-likeness (QED) is 0.0846. The third kappa shape index (κ3) is 7.19. The van der Waals surface area contributed by atoms with E-state index >= 15 is 0 Å². The smallest absolute Gasteiger partial charge is 0.154 e. The number of carbonyl (C=O) groups is 1. The van der Waals surface area contributed by atoms with Crippen molar-refractivity contribution >= 4 is 28.9 Å². The summed E-state index contributed by atoms with van der Waals surface area (Å²) in [6.45, 7) is 27.0. The van der Waals surface area contributed by atoms with Crippen LogP contribution in [0.5, 0.6) is 0 Å². The number of aliphatic hydroxyl groups is 7.